The third-order valence-corrected chi connectivity index (χ3v) is 3.99. The van der Waals surface area contributed by atoms with Crippen LogP contribution in [-0.4, -0.2) is 17.1 Å². The molecule has 0 radical (unpaired) electrons. The molecule has 1 aromatic rings. The van der Waals surface area contributed by atoms with Crippen LogP contribution < -0.4 is 5.32 Å². The summed E-state index contributed by atoms with van der Waals surface area (Å²) in [5, 5.41) is 12.4. The van der Waals surface area contributed by atoms with Crippen molar-refractivity contribution in [3.63, 3.8) is 0 Å². The van der Waals surface area contributed by atoms with Gasteiger partial charge in [-0.05, 0) is 47.4 Å². The normalized spacial score (nSPS) is 13.5. The van der Waals surface area contributed by atoms with Gasteiger partial charge < -0.3 is 10.4 Å². The highest BCUT2D eigenvalue weighted by molar-refractivity contribution is 5.73. The van der Waals surface area contributed by atoms with Crippen molar-refractivity contribution in [2.45, 2.75) is 66.5 Å². The number of carbonyl (C=O) groups is 1. The molecule has 0 aliphatic heterocycles. The third kappa shape index (κ3) is 4.57. The Labute approximate surface area is 128 Å². The fraction of sp³-hybridized carbons (Fsp3) is 0.611. The largest absolute Gasteiger partial charge is 0.480 e. The molecule has 118 valence electrons. The predicted molar refractivity (Wildman–Crippen MR) is 87.7 cm³/mol. The Bertz CT molecular complexity index is 489. The van der Waals surface area contributed by atoms with E-state index >= 15 is 0 Å². The van der Waals surface area contributed by atoms with Gasteiger partial charge in [-0.15, -0.1) is 0 Å². The second kappa shape index (κ2) is 6.61. The smallest absolute Gasteiger partial charge is 0.320 e. The minimum absolute atomic E-state index is 0.0666. The van der Waals surface area contributed by atoms with Crippen molar-refractivity contribution >= 4 is 5.97 Å². The number of rotatable bonds is 5. The van der Waals surface area contributed by atoms with E-state index in [2.05, 4.69) is 52.1 Å². The molecule has 0 aliphatic rings. The van der Waals surface area contributed by atoms with Gasteiger partial charge in [0.25, 0.3) is 0 Å². The van der Waals surface area contributed by atoms with E-state index in [0.717, 1.165) is 0 Å². The molecular weight excluding hydrogens is 262 g/mol. The molecule has 3 heteroatoms. The first kappa shape index (κ1) is 17.7. The van der Waals surface area contributed by atoms with Gasteiger partial charge in [0.15, 0.2) is 0 Å². The van der Waals surface area contributed by atoms with Crippen LogP contribution in [0.3, 0.4) is 0 Å². The van der Waals surface area contributed by atoms with E-state index in [0.29, 0.717) is 6.54 Å². The van der Waals surface area contributed by atoms with Gasteiger partial charge in [-0.1, -0.05) is 46.8 Å². The third-order valence-electron chi connectivity index (χ3n) is 3.99. The van der Waals surface area contributed by atoms with Gasteiger partial charge in [-0.2, -0.15) is 0 Å². The van der Waals surface area contributed by atoms with E-state index in [1.165, 1.54) is 22.3 Å². The van der Waals surface area contributed by atoms with Gasteiger partial charge in [0.05, 0.1) is 0 Å². The van der Waals surface area contributed by atoms with Gasteiger partial charge in [0, 0.05) is 6.54 Å². The van der Waals surface area contributed by atoms with Gasteiger partial charge in [0.1, 0.15) is 6.04 Å². The summed E-state index contributed by atoms with van der Waals surface area (Å²) in [4.78, 5) is 11.3. The highest BCUT2D eigenvalue weighted by Crippen LogP contribution is 2.27. The number of aryl methyl sites for hydroxylation is 2. The van der Waals surface area contributed by atoms with Crippen molar-refractivity contribution in [3.8, 4) is 0 Å². The summed E-state index contributed by atoms with van der Waals surface area (Å²) < 4.78 is 0. The van der Waals surface area contributed by atoms with Crippen molar-refractivity contribution in [2.24, 2.45) is 5.92 Å². The van der Waals surface area contributed by atoms with E-state index in [4.69, 9.17) is 0 Å². The maximum absolute atomic E-state index is 11.3. The standard InChI is InChI=1S/C18H29NO2/c1-11(2)16(17(20)21)19-10-15-12(3)8-14(9-13(15)4)18(5,6)7/h8-9,11,16,19H,10H2,1-7H3,(H,20,21). The number of benzene rings is 1. The number of hydrogen-bond donors (Lipinski definition) is 2. The maximum atomic E-state index is 11.3. The van der Waals surface area contributed by atoms with Crippen LogP contribution >= 0.6 is 0 Å². The van der Waals surface area contributed by atoms with Crippen molar-refractivity contribution in [1.29, 1.82) is 0 Å². The Hall–Kier alpha value is -1.35. The highest BCUT2D eigenvalue weighted by atomic mass is 16.4. The topological polar surface area (TPSA) is 49.3 Å². The average Bonchev–Trinajstić information content (AvgIpc) is 2.30. The van der Waals surface area contributed by atoms with E-state index in [-0.39, 0.29) is 11.3 Å². The van der Waals surface area contributed by atoms with Gasteiger partial charge >= 0.3 is 5.97 Å². The molecule has 0 aromatic heterocycles. The lowest BCUT2D eigenvalue weighted by atomic mass is 9.84. The Morgan fingerprint density at radius 1 is 1.19 bits per heavy atom. The number of carboxylic acids is 1. The summed E-state index contributed by atoms with van der Waals surface area (Å²) in [6.07, 6.45) is 0. The van der Waals surface area contributed by atoms with Crippen LogP contribution in [0.15, 0.2) is 12.1 Å². The Kier molecular flexibility index (Phi) is 5.57. The summed E-state index contributed by atoms with van der Waals surface area (Å²) in [6.45, 7) is 15.3. The lowest BCUT2D eigenvalue weighted by Gasteiger charge is -2.24. The van der Waals surface area contributed by atoms with E-state index in [9.17, 15) is 9.90 Å². The van der Waals surface area contributed by atoms with Crippen molar-refractivity contribution in [3.05, 3.63) is 34.4 Å². The maximum Gasteiger partial charge on any atom is 0.320 e. The molecular formula is C18H29NO2. The molecule has 1 atom stereocenters. The quantitative estimate of drug-likeness (QED) is 0.867. The highest BCUT2D eigenvalue weighted by Gasteiger charge is 2.22. The summed E-state index contributed by atoms with van der Waals surface area (Å²) in [6, 6.07) is 3.93. The van der Waals surface area contributed by atoms with Gasteiger partial charge in [-0.3, -0.25) is 4.79 Å². The fourth-order valence-corrected chi connectivity index (χ4v) is 2.53. The molecule has 0 aliphatic carbocycles. The number of carboxylic acid groups (broad SMARTS) is 1. The van der Waals surface area contributed by atoms with Crippen LogP contribution in [0.5, 0.6) is 0 Å². The van der Waals surface area contributed by atoms with E-state index in [1.54, 1.807) is 0 Å². The molecule has 0 fully saturated rings. The van der Waals surface area contributed by atoms with Crippen LogP contribution in [0.1, 0.15) is 56.9 Å². The van der Waals surface area contributed by atoms with E-state index in [1.807, 2.05) is 13.8 Å². The van der Waals surface area contributed by atoms with Crippen LogP contribution in [0, 0.1) is 19.8 Å². The molecule has 1 aromatic carbocycles. The summed E-state index contributed by atoms with van der Waals surface area (Å²) in [7, 11) is 0. The van der Waals surface area contributed by atoms with Crippen LogP contribution in [0.25, 0.3) is 0 Å². The van der Waals surface area contributed by atoms with Gasteiger partial charge in [-0.25, -0.2) is 0 Å². The molecule has 0 heterocycles. The summed E-state index contributed by atoms with van der Waals surface area (Å²) in [5.74, 6) is -0.719. The van der Waals surface area contributed by atoms with Crippen molar-refractivity contribution in [2.75, 3.05) is 0 Å². The number of hydrogen-bond acceptors (Lipinski definition) is 2. The molecule has 0 saturated heterocycles. The zero-order chi connectivity index (χ0) is 16.4. The van der Waals surface area contributed by atoms with Crippen LogP contribution in [0.2, 0.25) is 0 Å². The zero-order valence-corrected chi connectivity index (χ0v) is 14.4. The first-order chi connectivity index (χ1) is 9.54. The van der Waals surface area contributed by atoms with Crippen molar-refractivity contribution in [1.82, 2.24) is 5.32 Å². The molecule has 0 spiro atoms. The molecule has 21 heavy (non-hydrogen) atoms. The Balaban J connectivity index is 2.98. The molecule has 1 rings (SSSR count). The number of aliphatic carboxylic acids is 1. The second-order valence-electron chi connectivity index (χ2n) is 7.28. The van der Waals surface area contributed by atoms with Crippen LogP contribution in [0.4, 0.5) is 0 Å². The SMILES string of the molecule is Cc1cc(C(C)(C)C)cc(C)c1CNC(C(=O)O)C(C)C. The Morgan fingerprint density at radius 2 is 1.67 bits per heavy atom. The lowest BCUT2D eigenvalue weighted by molar-refractivity contribution is -0.140. The second-order valence-corrected chi connectivity index (χ2v) is 7.28. The minimum atomic E-state index is -0.786. The summed E-state index contributed by atoms with van der Waals surface area (Å²) >= 11 is 0. The number of nitrogens with one attached hydrogen (secondary N) is 1. The first-order valence-electron chi connectivity index (χ1n) is 7.60. The van der Waals surface area contributed by atoms with E-state index < -0.39 is 12.0 Å². The van der Waals surface area contributed by atoms with Crippen LogP contribution in [-0.2, 0) is 16.8 Å². The monoisotopic (exact) mass is 291 g/mol. The first-order valence-corrected chi connectivity index (χ1v) is 7.60. The van der Waals surface area contributed by atoms with Gasteiger partial charge in [0.2, 0.25) is 0 Å². The summed E-state index contributed by atoms with van der Waals surface area (Å²) in [5.41, 5.74) is 5.10. The molecule has 0 amide bonds. The molecule has 1 unspecified atom stereocenters. The lowest BCUT2D eigenvalue weighted by Crippen LogP contribution is -2.40. The van der Waals surface area contributed by atoms with Crippen molar-refractivity contribution < 1.29 is 9.90 Å². The predicted octanol–water partition coefficient (Wildman–Crippen LogP) is 3.80. The Morgan fingerprint density at radius 3 is 2.00 bits per heavy atom. The fourth-order valence-electron chi connectivity index (χ4n) is 2.53. The molecule has 0 saturated carbocycles. The average molecular weight is 291 g/mol. The molecule has 2 N–H and O–H groups in total. The molecule has 0 bridgehead atoms. The zero-order valence-electron chi connectivity index (χ0n) is 14.4. The minimum Gasteiger partial charge on any atom is -0.480 e. The molecule has 3 nitrogen and oxygen atoms in total.